The zero-order valence-corrected chi connectivity index (χ0v) is 14.5. The number of rotatable bonds is 4. The zero-order chi connectivity index (χ0) is 17.8. The SMILES string of the molecule is Fc1cccc([C@@H]2CCCCCN2Cc2nnc(-c3cccnc3)o2)c1. The number of hydrogen-bond donors (Lipinski definition) is 0. The molecule has 2 aromatic heterocycles. The molecule has 1 aliphatic rings. The highest BCUT2D eigenvalue weighted by atomic mass is 19.1. The first-order chi connectivity index (χ1) is 12.8. The van der Waals surface area contributed by atoms with E-state index < -0.39 is 0 Å². The van der Waals surface area contributed by atoms with E-state index in [4.69, 9.17) is 4.42 Å². The predicted molar refractivity (Wildman–Crippen MR) is 95.5 cm³/mol. The topological polar surface area (TPSA) is 55.1 Å². The van der Waals surface area contributed by atoms with Crippen LogP contribution in [0.25, 0.3) is 11.5 Å². The van der Waals surface area contributed by atoms with Crippen LogP contribution in [0.15, 0.2) is 53.2 Å². The molecule has 0 spiro atoms. The average Bonchev–Trinajstić information content (AvgIpc) is 3.01. The van der Waals surface area contributed by atoms with E-state index in [1.165, 1.54) is 12.5 Å². The minimum Gasteiger partial charge on any atom is -0.419 e. The second-order valence-electron chi connectivity index (χ2n) is 6.63. The molecular weight excluding hydrogens is 331 g/mol. The molecule has 5 nitrogen and oxygen atoms in total. The van der Waals surface area contributed by atoms with Crippen molar-refractivity contribution in [1.29, 1.82) is 0 Å². The van der Waals surface area contributed by atoms with Crippen molar-refractivity contribution in [3.63, 3.8) is 0 Å². The molecule has 3 heterocycles. The normalized spacial score (nSPS) is 18.6. The van der Waals surface area contributed by atoms with Crippen molar-refractivity contribution in [2.45, 2.75) is 38.3 Å². The van der Waals surface area contributed by atoms with Crippen LogP contribution in [0.5, 0.6) is 0 Å². The van der Waals surface area contributed by atoms with E-state index >= 15 is 0 Å². The number of halogens is 1. The Morgan fingerprint density at radius 3 is 2.92 bits per heavy atom. The lowest BCUT2D eigenvalue weighted by Gasteiger charge is -2.29. The van der Waals surface area contributed by atoms with Gasteiger partial charge in [-0.1, -0.05) is 25.0 Å². The van der Waals surface area contributed by atoms with Crippen molar-refractivity contribution >= 4 is 0 Å². The van der Waals surface area contributed by atoms with E-state index in [2.05, 4.69) is 20.1 Å². The molecule has 6 heteroatoms. The van der Waals surface area contributed by atoms with Crippen molar-refractivity contribution in [3.8, 4) is 11.5 Å². The summed E-state index contributed by atoms with van der Waals surface area (Å²) in [4.78, 5) is 6.41. The van der Waals surface area contributed by atoms with Crippen LogP contribution in [0.1, 0.15) is 43.2 Å². The lowest BCUT2D eigenvalue weighted by molar-refractivity contribution is 0.174. The number of nitrogens with zero attached hydrogens (tertiary/aromatic N) is 4. The van der Waals surface area contributed by atoms with Crippen LogP contribution >= 0.6 is 0 Å². The monoisotopic (exact) mass is 352 g/mol. The first-order valence-corrected chi connectivity index (χ1v) is 9.02. The summed E-state index contributed by atoms with van der Waals surface area (Å²) in [6.07, 6.45) is 7.87. The Balaban J connectivity index is 1.55. The van der Waals surface area contributed by atoms with Crippen molar-refractivity contribution in [2.75, 3.05) is 6.54 Å². The second-order valence-corrected chi connectivity index (χ2v) is 6.63. The first-order valence-electron chi connectivity index (χ1n) is 9.02. The van der Waals surface area contributed by atoms with E-state index in [-0.39, 0.29) is 11.9 Å². The standard InChI is InChI=1S/C20H21FN4O/c21-17-8-4-6-15(12-17)18-9-2-1-3-11-25(18)14-19-23-24-20(26-19)16-7-5-10-22-13-16/h4-8,10,12-13,18H,1-3,9,11,14H2/t18-/m0/s1. The maximum atomic E-state index is 13.7. The summed E-state index contributed by atoms with van der Waals surface area (Å²) in [6, 6.07) is 10.8. The number of hydrogen-bond acceptors (Lipinski definition) is 5. The molecule has 0 bridgehead atoms. The molecule has 0 aliphatic carbocycles. The molecule has 0 amide bonds. The van der Waals surface area contributed by atoms with Gasteiger partial charge in [-0.15, -0.1) is 10.2 Å². The van der Waals surface area contributed by atoms with E-state index in [0.29, 0.717) is 18.3 Å². The maximum Gasteiger partial charge on any atom is 0.249 e. The number of benzene rings is 1. The molecule has 1 aliphatic heterocycles. The highest BCUT2D eigenvalue weighted by molar-refractivity contribution is 5.49. The summed E-state index contributed by atoms with van der Waals surface area (Å²) < 4.78 is 19.5. The Hall–Kier alpha value is -2.60. The van der Waals surface area contributed by atoms with Gasteiger partial charge < -0.3 is 4.42 Å². The maximum absolute atomic E-state index is 13.7. The summed E-state index contributed by atoms with van der Waals surface area (Å²) >= 11 is 0. The number of pyridine rings is 1. The van der Waals surface area contributed by atoms with E-state index in [0.717, 1.165) is 36.9 Å². The van der Waals surface area contributed by atoms with Crippen molar-refractivity contribution in [3.05, 3.63) is 66.1 Å². The van der Waals surface area contributed by atoms with Crippen LogP contribution in [0.4, 0.5) is 4.39 Å². The smallest absolute Gasteiger partial charge is 0.249 e. The van der Waals surface area contributed by atoms with Crippen LogP contribution < -0.4 is 0 Å². The van der Waals surface area contributed by atoms with Gasteiger partial charge in [0.2, 0.25) is 11.8 Å². The fourth-order valence-corrected chi connectivity index (χ4v) is 3.55. The van der Waals surface area contributed by atoms with Crippen LogP contribution in [0.2, 0.25) is 0 Å². The van der Waals surface area contributed by atoms with E-state index in [1.807, 2.05) is 18.2 Å². The van der Waals surface area contributed by atoms with Gasteiger partial charge in [0.15, 0.2) is 0 Å². The Labute approximate surface area is 151 Å². The highest BCUT2D eigenvalue weighted by Crippen LogP contribution is 2.31. The molecule has 0 unspecified atom stereocenters. The molecule has 4 rings (SSSR count). The third kappa shape index (κ3) is 3.80. The van der Waals surface area contributed by atoms with Gasteiger partial charge >= 0.3 is 0 Å². The van der Waals surface area contributed by atoms with Crippen molar-refractivity contribution in [1.82, 2.24) is 20.1 Å². The molecule has 0 radical (unpaired) electrons. The van der Waals surface area contributed by atoms with Crippen LogP contribution in [0, 0.1) is 5.82 Å². The first kappa shape index (κ1) is 16.8. The minimum absolute atomic E-state index is 0.168. The molecule has 3 aromatic rings. The van der Waals surface area contributed by atoms with Crippen LogP contribution in [-0.4, -0.2) is 26.6 Å². The number of aromatic nitrogens is 3. The van der Waals surface area contributed by atoms with Gasteiger partial charge in [0.25, 0.3) is 0 Å². The molecule has 1 fully saturated rings. The summed E-state index contributed by atoms with van der Waals surface area (Å²) in [5.74, 6) is 0.862. The van der Waals surface area contributed by atoms with Gasteiger partial charge in [-0.25, -0.2) is 4.39 Å². The molecule has 134 valence electrons. The van der Waals surface area contributed by atoms with E-state index in [9.17, 15) is 4.39 Å². The zero-order valence-electron chi connectivity index (χ0n) is 14.5. The van der Waals surface area contributed by atoms with Crippen molar-refractivity contribution in [2.24, 2.45) is 0 Å². The summed E-state index contributed by atoms with van der Waals surface area (Å²) in [5, 5.41) is 8.35. The predicted octanol–water partition coefficient (Wildman–Crippen LogP) is 4.39. The molecule has 1 saturated heterocycles. The Morgan fingerprint density at radius 1 is 1.12 bits per heavy atom. The minimum atomic E-state index is -0.191. The fourth-order valence-electron chi connectivity index (χ4n) is 3.55. The molecule has 1 aromatic carbocycles. The summed E-state index contributed by atoms with van der Waals surface area (Å²) in [5.41, 5.74) is 1.82. The summed E-state index contributed by atoms with van der Waals surface area (Å²) in [7, 11) is 0. The third-order valence-corrected chi connectivity index (χ3v) is 4.81. The van der Waals surface area contributed by atoms with Gasteiger partial charge in [0.05, 0.1) is 12.1 Å². The average molecular weight is 352 g/mol. The van der Waals surface area contributed by atoms with Crippen molar-refractivity contribution < 1.29 is 8.81 Å². The fraction of sp³-hybridized carbons (Fsp3) is 0.350. The third-order valence-electron chi connectivity index (χ3n) is 4.81. The van der Waals surface area contributed by atoms with Crippen LogP contribution in [0.3, 0.4) is 0 Å². The van der Waals surface area contributed by atoms with Gasteiger partial charge in [-0.2, -0.15) is 0 Å². The Bertz CT molecular complexity index is 852. The van der Waals surface area contributed by atoms with Crippen LogP contribution in [-0.2, 0) is 6.54 Å². The molecule has 0 N–H and O–H groups in total. The molecule has 1 atom stereocenters. The Kier molecular flexibility index (Phi) is 5.02. The molecular formula is C20H21FN4O. The van der Waals surface area contributed by atoms with Gasteiger partial charge in [-0.3, -0.25) is 9.88 Å². The second kappa shape index (κ2) is 7.74. The Morgan fingerprint density at radius 2 is 2.08 bits per heavy atom. The van der Waals surface area contributed by atoms with E-state index in [1.54, 1.807) is 24.5 Å². The summed E-state index contributed by atoms with van der Waals surface area (Å²) in [6.45, 7) is 1.50. The lowest BCUT2D eigenvalue weighted by atomic mass is 10.0. The number of likely N-dealkylation sites (tertiary alicyclic amines) is 1. The quantitative estimate of drug-likeness (QED) is 0.697. The van der Waals surface area contributed by atoms with Gasteiger partial charge in [0, 0.05) is 18.4 Å². The van der Waals surface area contributed by atoms with Gasteiger partial charge in [-0.05, 0) is 49.2 Å². The largest absolute Gasteiger partial charge is 0.419 e. The molecule has 0 saturated carbocycles. The van der Waals surface area contributed by atoms with Gasteiger partial charge in [0.1, 0.15) is 5.82 Å². The lowest BCUT2D eigenvalue weighted by Crippen LogP contribution is -2.28. The molecule has 26 heavy (non-hydrogen) atoms. The highest BCUT2D eigenvalue weighted by Gasteiger charge is 2.25.